The van der Waals surface area contributed by atoms with E-state index in [0.29, 0.717) is 12.2 Å². The monoisotopic (exact) mass is 262 g/mol. The molecule has 1 aromatic carbocycles. The molecule has 0 atom stereocenters. The van der Waals surface area contributed by atoms with Crippen molar-refractivity contribution in [1.29, 1.82) is 0 Å². The van der Waals surface area contributed by atoms with Crippen molar-refractivity contribution in [3.63, 3.8) is 0 Å². The van der Waals surface area contributed by atoms with E-state index >= 15 is 0 Å². The average Bonchev–Trinajstić information content (AvgIpc) is 2.37. The molecule has 0 fully saturated rings. The molecule has 4 heteroatoms. The van der Waals surface area contributed by atoms with Crippen molar-refractivity contribution in [2.24, 2.45) is 5.41 Å². The molecule has 0 aliphatic heterocycles. The van der Waals surface area contributed by atoms with Crippen LogP contribution in [0.3, 0.4) is 0 Å². The number of carboxylic acid groups (broad SMARTS) is 1. The number of aryl methyl sites for hydroxylation is 1. The third kappa shape index (κ3) is 2.95. The van der Waals surface area contributed by atoms with E-state index in [2.05, 4.69) is 0 Å². The maximum absolute atomic E-state index is 11.8. The van der Waals surface area contributed by atoms with Gasteiger partial charge in [-0.05, 0) is 44.4 Å². The molecule has 1 aromatic rings. The molecular formula is C15H18O4. The highest BCUT2D eigenvalue weighted by atomic mass is 16.5. The summed E-state index contributed by atoms with van der Waals surface area (Å²) in [5, 5.41) is 9.02. The van der Waals surface area contributed by atoms with Gasteiger partial charge in [-0.1, -0.05) is 6.07 Å². The SMILES string of the molecule is CC(C)(COc1ccc2c(c1)C(=O)CCC2)C(=O)O. The molecule has 0 heterocycles. The van der Waals surface area contributed by atoms with Gasteiger partial charge in [0.25, 0.3) is 0 Å². The minimum absolute atomic E-state index is 0.0787. The van der Waals surface area contributed by atoms with Gasteiger partial charge in [-0.3, -0.25) is 9.59 Å². The predicted octanol–water partition coefficient (Wildman–Crippen LogP) is 2.70. The van der Waals surface area contributed by atoms with Crippen LogP contribution in [-0.4, -0.2) is 23.5 Å². The van der Waals surface area contributed by atoms with E-state index < -0.39 is 11.4 Å². The van der Waals surface area contributed by atoms with E-state index in [1.54, 1.807) is 26.0 Å². The summed E-state index contributed by atoms with van der Waals surface area (Å²) in [6.07, 6.45) is 2.40. The Labute approximate surface area is 112 Å². The van der Waals surface area contributed by atoms with Gasteiger partial charge < -0.3 is 9.84 Å². The van der Waals surface area contributed by atoms with Crippen LogP contribution in [0.4, 0.5) is 0 Å². The topological polar surface area (TPSA) is 63.6 Å². The van der Waals surface area contributed by atoms with Gasteiger partial charge in [0.15, 0.2) is 5.78 Å². The number of ketones is 1. The van der Waals surface area contributed by atoms with Crippen LogP contribution in [0.5, 0.6) is 5.75 Å². The van der Waals surface area contributed by atoms with Gasteiger partial charge in [0.05, 0.1) is 5.41 Å². The number of rotatable bonds is 4. The minimum Gasteiger partial charge on any atom is -0.492 e. The van der Waals surface area contributed by atoms with Crippen molar-refractivity contribution in [2.75, 3.05) is 6.61 Å². The van der Waals surface area contributed by atoms with E-state index in [-0.39, 0.29) is 12.4 Å². The Morgan fingerprint density at radius 3 is 2.79 bits per heavy atom. The molecule has 0 radical (unpaired) electrons. The smallest absolute Gasteiger partial charge is 0.312 e. The van der Waals surface area contributed by atoms with Crippen molar-refractivity contribution in [3.8, 4) is 5.75 Å². The Hall–Kier alpha value is -1.84. The van der Waals surface area contributed by atoms with E-state index in [1.807, 2.05) is 6.07 Å². The van der Waals surface area contributed by atoms with Crippen LogP contribution in [-0.2, 0) is 11.2 Å². The molecule has 0 saturated heterocycles. The standard InChI is InChI=1S/C15H18O4/c1-15(2,14(17)18)9-19-11-7-6-10-4-3-5-13(16)12(10)8-11/h6-8H,3-5,9H2,1-2H3,(H,17,18). The summed E-state index contributed by atoms with van der Waals surface area (Å²) in [5.41, 5.74) is 0.831. The highest BCUT2D eigenvalue weighted by Crippen LogP contribution is 2.26. The van der Waals surface area contributed by atoms with Gasteiger partial charge in [-0.25, -0.2) is 0 Å². The van der Waals surface area contributed by atoms with E-state index in [0.717, 1.165) is 24.0 Å². The summed E-state index contributed by atoms with van der Waals surface area (Å²) < 4.78 is 5.51. The molecule has 1 aliphatic carbocycles. The molecule has 0 spiro atoms. The molecule has 0 bridgehead atoms. The van der Waals surface area contributed by atoms with Crippen molar-refractivity contribution in [3.05, 3.63) is 29.3 Å². The number of benzene rings is 1. The third-order valence-corrected chi connectivity index (χ3v) is 3.41. The Bertz CT molecular complexity index is 517. The van der Waals surface area contributed by atoms with Crippen LogP contribution < -0.4 is 4.74 Å². The summed E-state index contributed by atoms with van der Waals surface area (Å²) in [5.74, 6) is -0.200. The highest BCUT2D eigenvalue weighted by molar-refractivity contribution is 5.98. The number of Topliss-reactive ketones (excluding diaryl/α,β-unsaturated/α-hetero) is 1. The van der Waals surface area contributed by atoms with Gasteiger partial charge in [0.2, 0.25) is 0 Å². The first-order valence-electron chi connectivity index (χ1n) is 6.42. The number of ether oxygens (including phenoxy) is 1. The van der Waals surface area contributed by atoms with Crippen molar-refractivity contribution in [2.45, 2.75) is 33.1 Å². The molecule has 0 amide bonds. The lowest BCUT2D eigenvalue weighted by atomic mass is 9.90. The fourth-order valence-electron chi connectivity index (χ4n) is 2.02. The van der Waals surface area contributed by atoms with Gasteiger partial charge in [-0.2, -0.15) is 0 Å². The van der Waals surface area contributed by atoms with E-state index in [9.17, 15) is 9.59 Å². The van der Waals surface area contributed by atoms with Crippen LogP contribution in [0.2, 0.25) is 0 Å². The normalized spacial score (nSPS) is 14.9. The number of hydrogen-bond acceptors (Lipinski definition) is 3. The maximum atomic E-state index is 11.8. The lowest BCUT2D eigenvalue weighted by Gasteiger charge is -2.21. The quantitative estimate of drug-likeness (QED) is 0.906. The van der Waals surface area contributed by atoms with Crippen LogP contribution in [0.25, 0.3) is 0 Å². The average molecular weight is 262 g/mol. The zero-order chi connectivity index (χ0) is 14.0. The van der Waals surface area contributed by atoms with Crippen LogP contribution in [0.15, 0.2) is 18.2 Å². The molecule has 1 aliphatic rings. The van der Waals surface area contributed by atoms with E-state index in [1.165, 1.54) is 0 Å². The summed E-state index contributed by atoms with van der Waals surface area (Å²) >= 11 is 0. The van der Waals surface area contributed by atoms with E-state index in [4.69, 9.17) is 9.84 Å². The van der Waals surface area contributed by atoms with Crippen molar-refractivity contribution in [1.82, 2.24) is 0 Å². The van der Waals surface area contributed by atoms with Gasteiger partial charge in [-0.15, -0.1) is 0 Å². The Kier molecular flexibility index (Phi) is 3.60. The largest absolute Gasteiger partial charge is 0.492 e. The number of carboxylic acids is 1. The lowest BCUT2D eigenvalue weighted by molar-refractivity contribution is -0.148. The first kappa shape index (κ1) is 13.6. The zero-order valence-electron chi connectivity index (χ0n) is 11.2. The lowest BCUT2D eigenvalue weighted by Crippen LogP contribution is -2.30. The second-order valence-corrected chi connectivity index (χ2v) is 5.57. The number of hydrogen-bond donors (Lipinski definition) is 1. The number of carbonyl (C=O) groups excluding carboxylic acids is 1. The Morgan fingerprint density at radius 1 is 1.37 bits per heavy atom. The van der Waals surface area contributed by atoms with Crippen LogP contribution in [0.1, 0.15) is 42.6 Å². The predicted molar refractivity (Wildman–Crippen MR) is 70.6 cm³/mol. The first-order valence-corrected chi connectivity index (χ1v) is 6.42. The minimum atomic E-state index is -0.945. The third-order valence-electron chi connectivity index (χ3n) is 3.41. The Balaban J connectivity index is 2.12. The molecule has 19 heavy (non-hydrogen) atoms. The summed E-state index contributed by atoms with van der Waals surface area (Å²) in [6, 6.07) is 5.43. The molecular weight excluding hydrogens is 244 g/mol. The molecule has 4 nitrogen and oxygen atoms in total. The molecule has 0 aromatic heterocycles. The molecule has 2 rings (SSSR count). The summed E-state index contributed by atoms with van der Waals surface area (Å²) in [4.78, 5) is 22.8. The molecule has 102 valence electrons. The van der Waals surface area contributed by atoms with Crippen LogP contribution in [0, 0.1) is 5.41 Å². The van der Waals surface area contributed by atoms with Gasteiger partial charge >= 0.3 is 5.97 Å². The number of carbonyl (C=O) groups is 2. The summed E-state index contributed by atoms with van der Waals surface area (Å²) in [7, 11) is 0. The van der Waals surface area contributed by atoms with Crippen molar-refractivity contribution < 1.29 is 19.4 Å². The molecule has 0 unspecified atom stereocenters. The van der Waals surface area contributed by atoms with Gasteiger partial charge in [0.1, 0.15) is 12.4 Å². The number of fused-ring (bicyclic) bond motifs is 1. The zero-order valence-corrected chi connectivity index (χ0v) is 11.2. The number of aliphatic carboxylic acids is 1. The van der Waals surface area contributed by atoms with Crippen LogP contribution >= 0.6 is 0 Å². The fourth-order valence-corrected chi connectivity index (χ4v) is 2.02. The summed E-state index contributed by atoms with van der Waals surface area (Å²) in [6.45, 7) is 3.30. The van der Waals surface area contributed by atoms with Gasteiger partial charge in [0, 0.05) is 12.0 Å². The maximum Gasteiger partial charge on any atom is 0.312 e. The molecule has 1 N–H and O–H groups in total. The molecule has 0 saturated carbocycles. The highest BCUT2D eigenvalue weighted by Gasteiger charge is 2.28. The van der Waals surface area contributed by atoms with Crippen molar-refractivity contribution >= 4 is 11.8 Å². The fraction of sp³-hybridized carbons (Fsp3) is 0.467. The second kappa shape index (κ2) is 5.03. The first-order chi connectivity index (χ1) is 8.90. The Morgan fingerprint density at radius 2 is 2.11 bits per heavy atom. The second-order valence-electron chi connectivity index (χ2n) is 5.57.